The Morgan fingerprint density at radius 1 is 1.24 bits per heavy atom. The molecule has 0 N–H and O–H groups in total. The molecule has 0 unspecified atom stereocenters. The number of rotatable bonds is 2. The molecule has 2 aromatic rings. The fraction of sp³-hybridized carbons (Fsp3) is 0.294. The first-order chi connectivity index (χ1) is 10.1. The maximum absolute atomic E-state index is 5.90. The number of ether oxygens (including phenoxy) is 2. The number of fused-ring (bicyclic) bond motifs is 1. The minimum atomic E-state index is -0.616. The van der Waals surface area contributed by atoms with Crippen molar-refractivity contribution < 1.29 is 9.47 Å². The van der Waals surface area contributed by atoms with Crippen LogP contribution in [0, 0.1) is 6.92 Å². The standard InChI is InChI=1S/C17H18N2O2/c1-12-16-15(11-20-17(2,3)21-16)13(9-18-12)10-19-14-7-5-4-6-8-14/h4-10H,11H2,1-3H3. The minimum absolute atomic E-state index is 0.502. The lowest BCUT2D eigenvalue weighted by Crippen LogP contribution is -2.36. The fourth-order valence-corrected chi connectivity index (χ4v) is 2.23. The third-order valence-electron chi connectivity index (χ3n) is 3.37. The van der Waals surface area contributed by atoms with Crippen molar-refractivity contribution in [3.8, 4) is 5.75 Å². The summed E-state index contributed by atoms with van der Waals surface area (Å²) in [7, 11) is 0. The highest BCUT2D eigenvalue weighted by Crippen LogP contribution is 2.34. The van der Waals surface area contributed by atoms with E-state index in [1.807, 2.05) is 63.5 Å². The molecule has 1 aliphatic heterocycles. The molecule has 108 valence electrons. The van der Waals surface area contributed by atoms with Crippen molar-refractivity contribution in [1.82, 2.24) is 4.98 Å². The highest BCUT2D eigenvalue weighted by molar-refractivity contribution is 5.84. The lowest BCUT2D eigenvalue weighted by molar-refractivity contribution is -0.180. The first-order valence-electron chi connectivity index (χ1n) is 6.96. The van der Waals surface area contributed by atoms with E-state index in [0.29, 0.717) is 6.61 Å². The van der Waals surface area contributed by atoms with Crippen LogP contribution in [0.5, 0.6) is 5.75 Å². The van der Waals surface area contributed by atoms with Gasteiger partial charge in [-0.05, 0) is 19.1 Å². The first kappa shape index (κ1) is 13.8. The summed E-state index contributed by atoms with van der Waals surface area (Å²) >= 11 is 0. The summed E-state index contributed by atoms with van der Waals surface area (Å²) in [5.41, 5.74) is 3.71. The number of nitrogens with zero attached hydrogens (tertiary/aromatic N) is 2. The van der Waals surface area contributed by atoms with Gasteiger partial charge in [0.1, 0.15) is 0 Å². The molecular weight excluding hydrogens is 264 g/mol. The van der Waals surface area contributed by atoms with Crippen LogP contribution >= 0.6 is 0 Å². The van der Waals surface area contributed by atoms with Gasteiger partial charge in [-0.15, -0.1) is 0 Å². The Labute approximate surface area is 124 Å². The Kier molecular flexibility index (Phi) is 3.47. The van der Waals surface area contributed by atoms with Gasteiger partial charge in [0.2, 0.25) is 5.79 Å². The van der Waals surface area contributed by atoms with E-state index in [-0.39, 0.29) is 0 Å². The Balaban J connectivity index is 1.96. The van der Waals surface area contributed by atoms with Crippen LogP contribution in [0.4, 0.5) is 5.69 Å². The topological polar surface area (TPSA) is 43.7 Å². The zero-order valence-corrected chi connectivity index (χ0v) is 12.5. The van der Waals surface area contributed by atoms with Gasteiger partial charge in [-0.3, -0.25) is 9.98 Å². The van der Waals surface area contributed by atoms with Crippen molar-refractivity contribution in [3.63, 3.8) is 0 Å². The number of hydrogen-bond acceptors (Lipinski definition) is 4. The Hall–Kier alpha value is -2.20. The number of aryl methyl sites for hydroxylation is 1. The van der Waals surface area contributed by atoms with E-state index < -0.39 is 5.79 Å². The van der Waals surface area contributed by atoms with Gasteiger partial charge in [0.05, 0.1) is 18.0 Å². The van der Waals surface area contributed by atoms with Gasteiger partial charge in [0.25, 0.3) is 0 Å². The summed E-state index contributed by atoms with van der Waals surface area (Å²) in [6, 6.07) is 9.81. The molecule has 0 saturated heterocycles. The molecule has 0 fully saturated rings. The van der Waals surface area contributed by atoms with Crippen LogP contribution < -0.4 is 4.74 Å². The summed E-state index contributed by atoms with van der Waals surface area (Å²) in [6.07, 6.45) is 3.62. The van der Waals surface area contributed by atoms with Gasteiger partial charge in [-0.2, -0.15) is 0 Å². The van der Waals surface area contributed by atoms with Crippen molar-refractivity contribution in [2.75, 3.05) is 0 Å². The molecule has 0 radical (unpaired) electrons. The van der Waals surface area contributed by atoms with Crippen molar-refractivity contribution in [3.05, 3.63) is 53.3 Å². The fourth-order valence-electron chi connectivity index (χ4n) is 2.23. The summed E-state index contributed by atoms with van der Waals surface area (Å²) in [5.74, 6) is 0.192. The van der Waals surface area contributed by atoms with Gasteiger partial charge >= 0.3 is 0 Å². The highest BCUT2D eigenvalue weighted by atomic mass is 16.7. The number of benzene rings is 1. The molecule has 1 aliphatic rings. The van der Waals surface area contributed by atoms with Crippen LogP contribution in [0.25, 0.3) is 0 Å². The largest absolute Gasteiger partial charge is 0.461 e. The third kappa shape index (κ3) is 2.95. The van der Waals surface area contributed by atoms with Gasteiger partial charge in [-0.1, -0.05) is 18.2 Å². The van der Waals surface area contributed by atoms with Crippen molar-refractivity contribution in [2.24, 2.45) is 4.99 Å². The Morgan fingerprint density at radius 3 is 2.76 bits per heavy atom. The van der Waals surface area contributed by atoms with Crippen LogP contribution in [0.15, 0.2) is 41.5 Å². The smallest absolute Gasteiger partial charge is 0.205 e. The minimum Gasteiger partial charge on any atom is -0.461 e. The number of para-hydroxylation sites is 1. The van der Waals surface area contributed by atoms with Gasteiger partial charge < -0.3 is 9.47 Å². The molecule has 1 aromatic heterocycles. The quantitative estimate of drug-likeness (QED) is 0.787. The van der Waals surface area contributed by atoms with E-state index in [1.165, 1.54) is 0 Å². The molecule has 1 aromatic carbocycles. The molecular formula is C17H18N2O2. The lowest BCUT2D eigenvalue weighted by atomic mass is 10.1. The normalized spacial score (nSPS) is 16.5. The van der Waals surface area contributed by atoms with E-state index in [4.69, 9.17) is 9.47 Å². The van der Waals surface area contributed by atoms with Gasteiger partial charge in [-0.25, -0.2) is 0 Å². The SMILES string of the molecule is Cc1ncc(C=Nc2ccccc2)c2c1OC(C)(C)OC2. The summed E-state index contributed by atoms with van der Waals surface area (Å²) in [6.45, 7) is 6.25. The number of aliphatic imine (C=N–C) groups is 1. The van der Waals surface area contributed by atoms with Crippen LogP contribution in [0.1, 0.15) is 30.7 Å². The van der Waals surface area contributed by atoms with E-state index in [0.717, 1.165) is 28.3 Å². The maximum atomic E-state index is 5.90. The van der Waals surface area contributed by atoms with Crippen molar-refractivity contribution in [1.29, 1.82) is 0 Å². The van der Waals surface area contributed by atoms with Crippen LogP contribution in [0.3, 0.4) is 0 Å². The maximum Gasteiger partial charge on any atom is 0.205 e. The monoisotopic (exact) mass is 282 g/mol. The second-order valence-electron chi connectivity index (χ2n) is 5.49. The number of aromatic nitrogens is 1. The average molecular weight is 282 g/mol. The molecule has 4 nitrogen and oxygen atoms in total. The van der Waals surface area contributed by atoms with E-state index in [2.05, 4.69) is 9.98 Å². The highest BCUT2D eigenvalue weighted by Gasteiger charge is 2.30. The zero-order valence-electron chi connectivity index (χ0n) is 12.5. The summed E-state index contributed by atoms with van der Waals surface area (Å²) in [4.78, 5) is 8.87. The van der Waals surface area contributed by atoms with Crippen molar-refractivity contribution in [2.45, 2.75) is 33.2 Å². The lowest BCUT2D eigenvalue weighted by Gasteiger charge is -2.33. The third-order valence-corrected chi connectivity index (χ3v) is 3.37. The Morgan fingerprint density at radius 2 is 2.00 bits per heavy atom. The molecule has 0 bridgehead atoms. The van der Waals surface area contributed by atoms with Crippen molar-refractivity contribution >= 4 is 11.9 Å². The van der Waals surface area contributed by atoms with Crippen LogP contribution in [0.2, 0.25) is 0 Å². The van der Waals surface area contributed by atoms with E-state index in [9.17, 15) is 0 Å². The van der Waals surface area contributed by atoms with E-state index in [1.54, 1.807) is 0 Å². The summed E-state index contributed by atoms with van der Waals surface area (Å²) < 4.78 is 11.6. The number of pyridine rings is 1. The molecule has 0 atom stereocenters. The van der Waals surface area contributed by atoms with E-state index >= 15 is 0 Å². The molecule has 0 aliphatic carbocycles. The predicted molar refractivity (Wildman–Crippen MR) is 82.2 cm³/mol. The summed E-state index contributed by atoms with van der Waals surface area (Å²) in [5, 5.41) is 0. The average Bonchev–Trinajstić information content (AvgIpc) is 2.47. The van der Waals surface area contributed by atoms with Gasteiger partial charge in [0.15, 0.2) is 5.75 Å². The van der Waals surface area contributed by atoms with Crippen LogP contribution in [-0.4, -0.2) is 17.0 Å². The second-order valence-corrected chi connectivity index (χ2v) is 5.49. The molecule has 0 saturated carbocycles. The molecule has 4 heteroatoms. The van der Waals surface area contributed by atoms with Gasteiger partial charge in [0, 0.05) is 37.4 Å². The second kappa shape index (κ2) is 5.30. The first-order valence-corrected chi connectivity index (χ1v) is 6.96. The molecule has 2 heterocycles. The number of hydrogen-bond donors (Lipinski definition) is 0. The zero-order chi connectivity index (χ0) is 14.9. The molecule has 0 amide bonds. The molecule has 3 rings (SSSR count). The van der Waals surface area contributed by atoms with Crippen LogP contribution in [-0.2, 0) is 11.3 Å². The predicted octanol–water partition coefficient (Wildman–Crippen LogP) is 3.79. The molecule has 0 spiro atoms. The molecule has 21 heavy (non-hydrogen) atoms. The Bertz CT molecular complexity index is 679.